The molecule has 121 heavy (non-hydrogen) atoms. The molecule has 0 spiro atoms. The summed E-state index contributed by atoms with van der Waals surface area (Å²) < 4.78 is 61.6. The van der Waals surface area contributed by atoms with Crippen molar-refractivity contribution in [2.75, 3.05) is 39.6 Å². The second-order valence-corrected chi connectivity index (χ2v) is 34.7. The first-order chi connectivity index (χ1) is 59.2. The van der Waals surface area contributed by atoms with Crippen LogP contribution in [0.25, 0.3) is 0 Å². The van der Waals surface area contributed by atoms with Gasteiger partial charge in [-0.3, -0.25) is 32.5 Å². The standard InChI is InChI=1S/C103H174O16P2/c1-4-7-10-13-16-19-22-25-28-31-34-37-40-43-45-46-47-48-49-50-52-55-56-59-62-65-68-71-74-77-80-83-86-89-101(106)113-92-98(104)93-115-120(109,110)116-94-99(105)95-117-121(111,112)118-97-100(119-103(108)91-88-85-82-79-76-73-70-67-64-61-58-53-42-39-36-33-30-27-24-21-18-15-12-9-6-3)96-114-102(107)90-87-84-81-78-75-72-69-66-63-60-57-54-51-44-41-38-35-32-29-26-23-20-17-14-11-8-5-2/h8-9,11-12,16-21,25-30,34-39,43-45,51,53,57-58,60,98-100,104-105H,4-7,10,13-15,22-24,31-33,40-42,46-50,52,54-56,59,61-97H2,1-3H3,(H,109,110)(H,111,112)/b11-8-,12-9-,19-16-,20-17-,21-18-,28-25-,29-26-,30-27-,37-34-,38-35-,39-36-,45-43-,51-44-,58-53-,60-57-. The molecule has 0 rings (SSSR count). The predicted molar refractivity (Wildman–Crippen MR) is 509 cm³/mol. The lowest BCUT2D eigenvalue weighted by Gasteiger charge is -2.21. The minimum Gasteiger partial charge on any atom is -0.463 e. The molecule has 0 aromatic rings. The molecule has 692 valence electrons. The molecule has 0 saturated heterocycles. The molecule has 0 radical (unpaired) electrons. The number of esters is 3. The Morgan fingerprint density at radius 1 is 0.240 bits per heavy atom. The zero-order valence-corrected chi connectivity index (χ0v) is 78.2. The van der Waals surface area contributed by atoms with Crippen LogP contribution in [-0.2, 0) is 55.8 Å². The maximum Gasteiger partial charge on any atom is 0.472 e. The first-order valence-electron chi connectivity index (χ1n) is 48.1. The van der Waals surface area contributed by atoms with Crippen molar-refractivity contribution in [3.8, 4) is 0 Å². The third-order valence-corrected chi connectivity index (χ3v) is 22.0. The summed E-state index contributed by atoms with van der Waals surface area (Å²) in [4.78, 5) is 59.1. The van der Waals surface area contributed by atoms with E-state index in [9.17, 15) is 43.5 Å². The number of carbonyl (C=O) groups is 3. The number of phosphoric ester groups is 2. The molecular formula is C103H174O16P2. The van der Waals surface area contributed by atoms with Gasteiger partial charge in [0, 0.05) is 19.3 Å². The van der Waals surface area contributed by atoms with Gasteiger partial charge in [0.15, 0.2) is 6.10 Å². The quantitative estimate of drug-likeness (QED) is 0.0146. The highest BCUT2D eigenvalue weighted by Gasteiger charge is 2.30. The zero-order valence-electron chi connectivity index (χ0n) is 76.4. The van der Waals surface area contributed by atoms with Crippen molar-refractivity contribution in [2.24, 2.45) is 0 Å². The van der Waals surface area contributed by atoms with Gasteiger partial charge in [-0.1, -0.05) is 396 Å². The van der Waals surface area contributed by atoms with Gasteiger partial charge in [-0.25, -0.2) is 9.13 Å². The number of aliphatic hydroxyl groups excluding tert-OH is 2. The third-order valence-electron chi connectivity index (χ3n) is 20.1. The Balaban J connectivity index is 4.62. The molecule has 0 amide bonds. The molecule has 16 nitrogen and oxygen atoms in total. The molecule has 5 unspecified atom stereocenters. The highest BCUT2D eigenvalue weighted by Crippen LogP contribution is 2.45. The van der Waals surface area contributed by atoms with E-state index >= 15 is 0 Å². The van der Waals surface area contributed by atoms with Gasteiger partial charge in [0.1, 0.15) is 25.4 Å². The van der Waals surface area contributed by atoms with E-state index in [1.165, 1.54) is 141 Å². The second-order valence-electron chi connectivity index (χ2n) is 31.8. The summed E-state index contributed by atoms with van der Waals surface area (Å²) in [6.45, 7) is 2.46. The number of allylic oxidation sites excluding steroid dienone is 30. The summed E-state index contributed by atoms with van der Waals surface area (Å²) in [5.41, 5.74) is 0. The van der Waals surface area contributed by atoms with Gasteiger partial charge in [0.25, 0.3) is 0 Å². The lowest BCUT2D eigenvalue weighted by atomic mass is 10.0. The number of unbranched alkanes of at least 4 members (excludes halogenated alkanes) is 37. The average Bonchev–Trinajstić information content (AvgIpc) is 0.895. The third kappa shape index (κ3) is 95.2. The first kappa shape index (κ1) is 116. The van der Waals surface area contributed by atoms with Crippen LogP contribution in [0.4, 0.5) is 0 Å². The molecule has 0 saturated carbocycles. The van der Waals surface area contributed by atoms with Gasteiger partial charge in [-0.15, -0.1) is 0 Å². The van der Waals surface area contributed by atoms with E-state index in [4.69, 9.17) is 32.3 Å². The Hall–Kier alpha value is -5.35. The van der Waals surface area contributed by atoms with E-state index in [2.05, 4.69) is 203 Å². The molecule has 0 aromatic carbocycles. The molecule has 5 atom stereocenters. The molecule has 0 fully saturated rings. The largest absolute Gasteiger partial charge is 0.472 e. The van der Waals surface area contributed by atoms with Crippen molar-refractivity contribution < 1.29 is 75.8 Å². The molecule has 0 aliphatic heterocycles. The van der Waals surface area contributed by atoms with Crippen molar-refractivity contribution >= 4 is 33.6 Å². The van der Waals surface area contributed by atoms with Crippen LogP contribution in [0.3, 0.4) is 0 Å². The van der Waals surface area contributed by atoms with Crippen molar-refractivity contribution in [1.82, 2.24) is 0 Å². The van der Waals surface area contributed by atoms with Crippen LogP contribution >= 0.6 is 15.6 Å². The number of phosphoric acid groups is 2. The number of hydrogen-bond acceptors (Lipinski definition) is 14. The van der Waals surface area contributed by atoms with E-state index in [0.29, 0.717) is 19.3 Å². The van der Waals surface area contributed by atoms with Gasteiger partial charge in [-0.2, -0.15) is 0 Å². The summed E-state index contributed by atoms with van der Waals surface area (Å²) in [6, 6.07) is 0. The van der Waals surface area contributed by atoms with Crippen molar-refractivity contribution in [3.63, 3.8) is 0 Å². The summed E-state index contributed by atoms with van der Waals surface area (Å²) in [5.74, 6) is -1.59. The molecule has 4 N–H and O–H groups in total. The molecule has 0 heterocycles. The second kappa shape index (κ2) is 93.8. The lowest BCUT2D eigenvalue weighted by molar-refractivity contribution is -0.161. The number of hydrogen-bond donors (Lipinski definition) is 4. The normalized spacial score (nSPS) is 14.5. The Bertz CT molecular complexity index is 2930. The van der Waals surface area contributed by atoms with E-state index in [0.717, 1.165) is 193 Å². The number of carbonyl (C=O) groups excluding carboxylic acids is 3. The van der Waals surface area contributed by atoms with Gasteiger partial charge >= 0.3 is 33.6 Å². The van der Waals surface area contributed by atoms with E-state index in [1.807, 2.05) is 0 Å². The molecule has 0 bridgehead atoms. The topological polar surface area (TPSA) is 231 Å². The van der Waals surface area contributed by atoms with Crippen molar-refractivity contribution in [1.29, 1.82) is 0 Å². The summed E-state index contributed by atoms with van der Waals surface area (Å²) in [7, 11) is -9.82. The van der Waals surface area contributed by atoms with E-state index in [1.54, 1.807) is 0 Å². The van der Waals surface area contributed by atoms with E-state index in [-0.39, 0.29) is 19.3 Å². The first-order valence-corrected chi connectivity index (χ1v) is 51.1. The highest BCUT2D eigenvalue weighted by atomic mass is 31.2. The van der Waals surface area contributed by atoms with Gasteiger partial charge in [-0.05, 0) is 161 Å². The number of rotatable bonds is 90. The Morgan fingerprint density at radius 3 is 0.694 bits per heavy atom. The fourth-order valence-corrected chi connectivity index (χ4v) is 14.5. The summed E-state index contributed by atoms with van der Waals surface area (Å²) in [6.07, 6.45) is 124. The molecule has 0 aliphatic carbocycles. The minimum atomic E-state index is -4.95. The Morgan fingerprint density at radius 2 is 0.438 bits per heavy atom. The zero-order chi connectivity index (χ0) is 87.9. The van der Waals surface area contributed by atoms with Crippen molar-refractivity contribution in [3.05, 3.63) is 182 Å². The molecule has 0 aliphatic rings. The van der Waals surface area contributed by atoms with Crippen LogP contribution in [0.15, 0.2) is 182 Å². The average molecular weight is 1730 g/mol. The molecule has 0 aromatic heterocycles. The minimum absolute atomic E-state index is 0.0890. The number of aliphatic hydroxyl groups is 2. The van der Waals surface area contributed by atoms with Crippen LogP contribution in [0.1, 0.15) is 393 Å². The van der Waals surface area contributed by atoms with Crippen LogP contribution in [-0.4, -0.2) is 95.9 Å². The maximum atomic E-state index is 13.1. The van der Waals surface area contributed by atoms with Crippen LogP contribution in [0, 0.1) is 0 Å². The van der Waals surface area contributed by atoms with Gasteiger partial charge in [0.05, 0.1) is 26.4 Å². The van der Waals surface area contributed by atoms with Crippen LogP contribution in [0.5, 0.6) is 0 Å². The smallest absolute Gasteiger partial charge is 0.463 e. The summed E-state index contributed by atoms with van der Waals surface area (Å²) in [5, 5.41) is 20.8. The number of ether oxygens (including phenoxy) is 3. The highest BCUT2D eigenvalue weighted by molar-refractivity contribution is 7.47. The monoisotopic (exact) mass is 1730 g/mol. The molecule has 18 heteroatoms. The summed E-state index contributed by atoms with van der Waals surface area (Å²) >= 11 is 0. The Kier molecular flexibility index (Phi) is 89.6. The van der Waals surface area contributed by atoms with E-state index < -0.39 is 91.5 Å². The predicted octanol–water partition coefficient (Wildman–Crippen LogP) is 30.0. The Labute approximate surface area is 738 Å². The fraction of sp³-hybridized carbons (Fsp3) is 0.680. The lowest BCUT2D eigenvalue weighted by Crippen LogP contribution is -2.30. The maximum absolute atomic E-state index is 13.1. The van der Waals surface area contributed by atoms with Gasteiger partial charge < -0.3 is 34.2 Å². The SMILES string of the molecule is CC/C=C\C/C=C\C/C=C\C/C=C\C/C=C\C/C=C\CCCCCCCCCCC(=O)OCC(COP(=O)(O)OCC(O)COP(=O)(O)OCC(O)COC(=O)CCCCCCCCCCCCCCCCCCC/C=C\C/C=C\C/C=C\C/C=C\CCCCC)OC(=O)CCCCCCCCCCC/C=C\C/C=C\C/C=C\C/C=C\C/C=C\CC. The van der Waals surface area contributed by atoms with Crippen LogP contribution < -0.4 is 0 Å². The van der Waals surface area contributed by atoms with Crippen LogP contribution in [0.2, 0.25) is 0 Å². The van der Waals surface area contributed by atoms with Crippen molar-refractivity contribution in [2.45, 2.75) is 411 Å². The molecular weight excluding hydrogens is 1560 g/mol. The van der Waals surface area contributed by atoms with Gasteiger partial charge in [0.2, 0.25) is 0 Å². The fourth-order valence-electron chi connectivity index (χ4n) is 12.9.